The Balaban J connectivity index is 1.60. The van der Waals surface area contributed by atoms with Crippen LogP contribution in [-0.4, -0.2) is 11.2 Å². The van der Waals surface area contributed by atoms with E-state index in [2.05, 4.69) is 62.3 Å². The molecule has 0 aromatic carbocycles. The van der Waals surface area contributed by atoms with E-state index in [0.717, 1.165) is 18.3 Å². The molecule has 2 fully saturated rings. The van der Waals surface area contributed by atoms with E-state index in [1.807, 2.05) is 11.1 Å². The molecule has 0 saturated heterocycles. The molecule has 7 atom stereocenters. The largest absolute Gasteiger partial charge is 0.393 e. The molecular weight excluding hydrogens is 388 g/mol. The third kappa shape index (κ3) is 3.58. The van der Waals surface area contributed by atoms with Crippen molar-refractivity contribution in [2.24, 2.45) is 44.8 Å². The molecular formula is C31H54O. The van der Waals surface area contributed by atoms with Gasteiger partial charge in [-0.15, -0.1) is 0 Å². The van der Waals surface area contributed by atoms with Gasteiger partial charge in [-0.3, -0.25) is 0 Å². The summed E-state index contributed by atoms with van der Waals surface area (Å²) in [5, 5.41) is 10.8. The maximum Gasteiger partial charge on any atom is 0.0594 e. The van der Waals surface area contributed by atoms with E-state index in [-0.39, 0.29) is 11.5 Å². The molecule has 0 aromatic rings. The van der Waals surface area contributed by atoms with E-state index in [1.54, 1.807) is 0 Å². The Labute approximate surface area is 200 Å². The summed E-state index contributed by atoms with van der Waals surface area (Å²) in [7, 11) is 0. The quantitative estimate of drug-likeness (QED) is 0.431. The van der Waals surface area contributed by atoms with Gasteiger partial charge >= 0.3 is 0 Å². The maximum absolute atomic E-state index is 10.8. The zero-order valence-electron chi connectivity index (χ0n) is 23.0. The third-order valence-electron chi connectivity index (χ3n) is 12.1. The average Bonchev–Trinajstić information content (AvgIpc) is 2.96. The molecule has 4 aliphatic rings. The van der Waals surface area contributed by atoms with Crippen molar-refractivity contribution in [1.82, 2.24) is 0 Å². The Bertz CT molecular complexity index is 753. The van der Waals surface area contributed by atoms with Gasteiger partial charge < -0.3 is 5.11 Å². The highest BCUT2D eigenvalue weighted by atomic mass is 16.3. The maximum atomic E-state index is 10.8. The second kappa shape index (κ2) is 7.86. The Morgan fingerprint density at radius 1 is 0.906 bits per heavy atom. The highest BCUT2D eigenvalue weighted by Crippen LogP contribution is 2.72. The number of hydrogen-bond donors (Lipinski definition) is 1. The lowest BCUT2D eigenvalue weighted by Crippen LogP contribution is -2.55. The first-order valence-corrected chi connectivity index (χ1v) is 14.1. The van der Waals surface area contributed by atoms with Crippen molar-refractivity contribution < 1.29 is 5.11 Å². The van der Waals surface area contributed by atoms with Crippen molar-refractivity contribution in [2.75, 3.05) is 0 Å². The van der Waals surface area contributed by atoms with Crippen molar-refractivity contribution >= 4 is 0 Å². The van der Waals surface area contributed by atoms with Crippen LogP contribution in [0.25, 0.3) is 0 Å². The van der Waals surface area contributed by atoms with E-state index in [0.29, 0.717) is 27.6 Å². The summed E-state index contributed by atoms with van der Waals surface area (Å²) in [6.45, 7) is 22.4. The molecule has 0 amide bonds. The third-order valence-corrected chi connectivity index (χ3v) is 12.1. The smallest absolute Gasteiger partial charge is 0.0594 e. The van der Waals surface area contributed by atoms with Crippen LogP contribution in [0, 0.1) is 44.8 Å². The Hall–Kier alpha value is -0.300. The van der Waals surface area contributed by atoms with Crippen LogP contribution in [0.4, 0.5) is 0 Å². The second-order valence-electron chi connectivity index (χ2n) is 15.2. The summed E-state index contributed by atoms with van der Waals surface area (Å²) in [6, 6.07) is 0. The Kier molecular flexibility index (Phi) is 6.09. The Morgan fingerprint density at radius 3 is 2.25 bits per heavy atom. The van der Waals surface area contributed by atoms with E-state index in [1.165, 1.54) is 64.2 Å². The minimum Gasteiger partial charge on any atom is -0.393 e. The molecule has 0 heterocycles. The molecule has 1 N–H and O–H groups in total. The molecule has 4 aliphatic carbocycles. The molecule has 1 nitrogen and oxygen atoms in total. The number of rotatable bonds is 4. The van der Waals surface area contributed by atoms with Crippen molar-refractivity contribution in [2.45, 2.75) is 139 Å². The normalized spacial score (nSPS) is 44.6. The lowest BCUT2D eigenvalue weighted by Gasteiger charge is -2.62. The summed E-state index contributed by atoms with van der Waals surface area (Å²) in [5.41, 5.74) is 5.45. The zero-order valence-corrected chi connectivity index (χ0v) is 23.0. The van der Waals surface area contributed by atoms with Gasteiger partial charge in [-0.1, -0.05) is 86.3 Å². The fourth-order valence-electron chi connectivity index (χ4n) is 9.78. The van der Waals surface area contributed by atoms with Gasteiger partial charge in [-0.25, -0.2) is 0 Å². The van der Waals surface area contributed by atoms with Gasteiger partial charge in [0.1, 0.15) is 0 Å². The summed E-state index contributed by atoms with van der Waals surface area (Å²) >= 11 is 0. The van der Waals surface area contributed by atoms with Crippen LogP contribution in [0.3, 0.4) is 0 Å². The minimum atomic E-state index is -0.128. The lowest BCUT2D eigenvalue weighted by molar-refractivity contribution is -0.0962. The second-order valence-corrected chi connectivity index (χ2v) is 15.2. The van der Waals surface area contributed by atoms with Gasteiger partial charge in [0.2, 0.25) is 0 Å². The first kappa shape index (κ1) is 24.8. The summed E-state index contributed by atoms with van der Waals surface area (Å²) in [5.74, 6) is 2.37. The molecule has 0 aromatic heterocycles. The number of hydrogen-bond acceptors (Lipinski definition) is 1. The topological polar surface area (TPSA) is 20.2 Å². The number of fused-ring (bicyclic) bond motifs is 4. The molecule has 0 bridgehead atoms. The van der Waals surface area contributed by atoms with E-state index >= 15 is 0 Å². The van der Waals surface area contributed by atoms with Crippen LogP contribution in [0.2, 0.25) is 0 Å². The van der Waals surface area contributed by atoms with Crippen LogP contribution >= 0.6 is 0 Å². The number of aliphatic hydroxyl groups excluding tert-OH is 1. The first-order chi connectivity index (χ1) is 14.7. The zero-order chi connectivity index (χ0) is 23.7. The van der Waals surface area contributed by atoms with Gasteiger partial charge in [0.15, 0.2) is 0 Å². The van der Waals surface area contributed by atoms with Crippen molar-refractivity contribution in [1.29, 1.82) is 0 Å². The molecule has 0 spiro atoms. The van der Waals surface area contributed by atoms with Crippen LogP contribution in [0.15, 0.2) is 11.1 Å². The fourth-order valence-corrected chi connectivity index (χ4v) is 9.78. The summed E-state index contributed by atoms with van der Waals surface area (Å²) in [4.78, 5) is 0. The van der Waals surface area contributed by atoms with Gasteiger partial charge in [-0.05, 0) is 103 Å². The van der Waals surface area contributed by atoms with Crippen molar-refractivity contribution in [3.63, 3.8) is 0 Å². The molecule has 0 aliphatic heterocycles. The van der Waals surface area contributed by atoms with E-state index in [9.17, 15) is 5.11 Å². The monoisotopic (exact) mass is 442 g/mol. The fraction of sp³-hybridized carbons (Fsp3) is 0.935. The predicted molar refractivity (Wildman–Crippen MR) is 138 cm³/mol. The number of aliphatic hydroxyl groups is 1. The lowest BCUT2D eigenvalue weighted by atomic mass is 9.43. The minimum absolute atomic E-state index is 0.0486. The van der Waals surface area contributed by atoms with Gasteiger partial charge in [-0.2, -0.15) is 0 Å². The van der Waals surface area contributed by atoms with Gasteiger partial charge in [0, 0.05) is 0 Å². The van der Waals surface area contributed by atoms with E-state index in [4.69, 9.17) is 0 Å². The molecule has 1 heteroatoms. The molecule has 0 unspecified atom stereocenters. The molecule has 32 heavy (non-hydrogen) atoms. The molecule has 4 rings (SSSR count). The summed E-state index contributed by atoms with van der Waals surface area (Å²) in [6.07, 6.45) is 14.3. The first-order valence-electron chi connectivity index (χ1n) is 14.1. The van der Waals surface area contributed by atoms with Crippen molar-refractivity contribution in [3.05, 3.63) is 11.1 Å². The van der Waals surface area contributed by atoms with Crippen LogP contribution in [-0.2, 0) is 0 Å². The highest BCUT2D eigenvalue weighted by Gasteiger charge is 2.63. The number of allylic oxidation sites excluding steroid dienone is 2. The van der Waals surface area contributed by atoms with Crippen LogP contribution in [0.1, 0.15) is 133 Å². The Morgan fingerprint density at radius 2 is 1.59 bits per heavy atom. The van der Waals surface area contributed by atoms with Crippen LogP contribution < -0.4 is 0 Å². The van der Waals surface area contributed by atoms with Crippen LogP contribution in [0.5, 0.6) is 0 Å². The van der Waals surface area contributed by atoms with Gasteiger partial charge in [0.05, 0.1) is 6.10 Å². The predicted octanol–water partition coefficient (Wildman–Crippen LogP) is 8.95. The highest BCUT2D eigenvalue weighted by molar-refractivity contribution is 5.38. The summed E-state index contributed by atoms with van der Waals surface area (Å²) < 4.78 is 0. The molecule has 2 saturated carbocycles. The van der Waals surface area contributed by atoms with Crippen molar-refractivity contribution in [3.8, 4) is 0 Å². The molecule has 184 valence electrons. The molecule has 0 radical (unpaired) electrons. The van der Waals surface area contributed by atoms with Gasteiger partial charge in [0.25, 0.3) is 0 Å². The standard InChI is InChI=1S/C31H54O/c1-21(11-10-17-27(2,3)4)22-14-19-31(9)24-12-13-25-28(5,6)26(32)16-18-29(25,7)23(24)15-20-30(22,31)8/h21-22,25-26,32H,10-20H2,1-9H3/t21-,22-,25+,26+,29-,30-,31+/m1/s1. The SMILES string of the molecule is C[C@H](CCCC(C)(C)C)[C@H]1CC[C@@]2(C)C3=C(CC[C@]12C)[C@@]1(C)CC[C@H](O)C(C)(C)[C@@H]1CC3. The average molecular weight is 443 g/mol. The van der Waals surface area contributed by atoms with E-state index < -0.39 is 0 Å².